The Morgan fingerprint density at radius 3 is 1.31 bits per heavy atom. The van der Waals surface area contributed by atoms with Gasteiger partial charge in [0.25, 0.3) is 0 Å². The fourth-order valence-corrected chi connectivity index (χ4v) is 4.18. The van der Waals surface area contributed by atoms with Crippen molar-refractivity contribution in [2.45, 2.75) is 38.5 Å². The Morgan fingerprint density at radius 2 is 0.949 bits per heavy atom. The van der Waals surface area contributed by atoms with Crippen LogP contribution in [0.25, 0.3) is 0 Å². The number of esters is 2. The van der Waals surface area contributed by atoms with E-state index < -0.39 is 0 Å². The standard InChI is InChI=1S/2C16H19NO2.ClH/c2*18-16(14-15-8-2-1-3-9-15)19-13-7-6-12-17-10-4-5-11-17;/h2*1-3,8-9H,4-5,10-14H2;1H. The van der Waals surface area contributed by atoms with Crippen LogP contribution in [0.4, 0.5) is 0 Å². The molecule has 0 aromatic heterocycles. The molecule has 2 aliphatic rings. The third-order valence-corrected chi connectivity index (χ3v) is 6.25. The van der Waals surface area contributed by atoms with Crippen molar-refractivity contribution in [2.75, 3.05) is 52.5 Å². The van der Waals surface area contributed by atoms with E-state index in [4.69, 9.17) is 9.47 Å². The van der Waals surface area contributed by atoms with E-state index in [1.807, 2.05) is 60.7 Å². The summed E-state index contributed by atoms with van der Waals surface area (Å²) in [4.78, 5) is 27.7. The number of carbonyl (C=O) groups excluding carboxylic acids is 2. The lowest BCUT2D eigenvalue weighted by Gasteiger charge is -2.08. The van der Waals surface area contributed by atoms with Gasteiger partial charge in [0.15, 0.2) is 13.2 Å². The van der Waals surface area contributed by atoms with Crippen molar-refractivity contribution >= 4 is 24.3 Å². The molecule has 2 aromatic rings. The molecule has 0 amide bonds. The Kier molecular flexibility index (Phi) is 16.2. The normalized spacial score (nSPS) is 14.4. The Balaban J connectivity index is 0.000000267. The Bertz CT molecular complexity index is 1000. The molecule has 0 atom stereocenters. The SMILES string of the molecule is Cl.O=C(Cc1ccccc1)OCC#CCN1CCCC1.O=C(Cc1ccccc1)OCC#CCN1CCCC1. The largest absolute Gasteiger partial charge is 0.452 e. The van der Waals surface area contributed by atoms with Gasteiger partial charge in [-0.15, -0.1) is 12.4 Å². The maximum Gasteiger partial charge on any atom is 0.311 e. The molecule has 2 saturated heterocycles. The summed E-state index contributed by atoms with van der Waals surface area (Å²) in [5.74, 6) is 11.4. The van der Waals surface area contributed by atoms with E-state index in [9.17, 15) is 9.59 Å². The van der Waals surface area contributed by atoms with E-state index in [0.29, 0.717) is 12.8 Å². The van der Waals surface area contributed by atoms with Crippen molar-refractivity contribution in [3.05, 3.63) is 71.8 Å². The molecule has 0 saturated carbocycles. The lowest BCUT2D eigenvalue weighted by Crippen LogP contribution is -2.19. The number of hydrogen-bond donors (Lipinski definition) is 0. The van der Waals surface area contributed by atoms with Gasteiger partial charge in [-0.1, -0.05) is 84.3 Å². The molecule has 7 heteroatoms. The number of ether oxygens (including phenoxy) is 2. The summed E-state index contributed by atoms with van der Waals surface area (Å²) < 4.78 is 10.2. The molecule has 6 nitrogen and oxygen atoms in total. The summed E-state index contributed by atoms with van der Waals surface area (Å²) >= 11 is 0. The molecular formula is C32H39ClN2O4. The van der Waals surface area contributed by atoms with Gasteiger partial charge in [0, 0.05) is 0 Å². The first-order valence-corrected chi connectivity index (χ1v) is 13.4. The zero-order valence-electron chi connectivity index (χ0n) is 22.6. The minimum atomic E-state index is -0.221. The molecule has 0 N–H and O–H groups in total. The van der Waals surface area contributed by atoms with Crippen LogP contribution in [0.15, 0.2) is 60.7 Å². The lowest BCUT2D eigenvalue weighted by atomic mass is 10.2. The molecule has 0 aliphatic carbocycles. The molecule has 0 radical (unpaired) electrons. The quantitative estimate of drug-likeness (QED) is 0.363. The van der Waals surface area contributed by atoms with E-state index in [1.54, 1.807) is 0 Å². The minimum Gasteiger partial charge on any atom is -0.452 e. The number of halogens is 1. The van der Waals surface area contributed by atoms with Crippen molar-refractivity contribution < 1.29 is 19.1 Å². The monoisotopic (exact) mass is 550 g/mol. The number of carbonyl (C=O) groups is 2. The van der Waals surface area contributed by atoms with E-state index in [2.05, 4.69) is 33.5 Å². The van der Waals surface area contributed by atoms with E-state index in [1.165, 1.54) is 25.7 Å². The molecule has 208 valence electrons. The molecule has 2 aliphatic heterocycles. The lowest BCUT2D eigenvalue weighted by molar-refractivity contribution is -0.142. The zero-order chi connectivity index (χ0) is 26.7. The van der Waals surface area contributed by atoms with Crippen LogP contribution in [0.3, 0.4) is 0 Å². The van der Waals surface area contributed by atoms with Crippen LogP contribution in [0, 0.1) is 23.7 Å². The van der Waals surface area contributed by atoms with Gasteiger partial charge >= 0.3 is 11.9 Å². The molecule has 2 aromatic carbocycles. The smallest absolute Gasteiger partial charge is 0.311 e. The molecule has 0 bridgehead atoms. The van der Waals surface area contributed by atoms with Crippen LogP contribution < -0.4 is 0 Å². The number of rotatable bonds is 8. The summed E-state index contributed by atoms with van der Waals surface area (Å²) in [6.45, 7) is 6.53. The summed E-state index contributed by atoms with van der Waals surface area (Å²) in [6.07, 6.45) is 5.71. The second-order valence-corrected chi connectivity index (χ2v) is 9.32. The predicted molar refractivity (Wildman–Crippen MR) is 156 cm³/mol. The van der Waals surface area contributed by atoms with Gasteiger partial charge in [-0.25, -0.2) is 0 Å². The maximum atomic E-state index is 11.5. The van der Waals surface area contributed by atoms with Gasteiger partial charge in [-0.05, 0) is 63.0 Å². The highest BCUT2D eigenvalue weighted by Crippen LogP contribution is 2.06. The molecule has 39 heavy (non-hydrogen) atoms. The first kappa shape index (κ1) is 31.9. The van der Waals surface area contributed by atoms with Gasteiger partial charge in [0.2, 0.25) is 0 Å². The fourth-order valence-electron chi connectivity index (χ4n) is 4.18. The third-order valence-electron chi connectivity index (χ3n) is 6.25. The molecule has 2 heterocycles. The highest BCUT2D eigenvalue weighted by molar-refractivity contribution is 5.85. The average molecular weight is 551 g/mol. The van der Waals surface area contributed by atoms with E-state index in [0.717, 1.165) is 50.4 Å². The third kappa shape index (κ3) is 14.4. The van der Waals surface area contributed by atoms with Crippen molar-refractivity contribution in [3.63, 3.8) is 0 Å². The van der Waals surface area contributed by atoms with Gasteiger partial charge < -0.3 is 9.47 Å². The van der Waals surface area contributed by atoms with Crippen LogP contribution in [-0.2, 0) is 31.9 Å². The fraction of sp³-hybridized carbons (Fsp3) is 0.438. The first-order chi connectivity index (χ1) is 18.7. The molecule has 2 fully saturated rings. The molecule has 0 spiro atoms. The summed E-state index contributed by atoms with van der Waals surface area (Å²) in [5, 5.41) is 0. The van der Waals surface area contributed by atoms with Gasteiger partial charge in [0.05, 0.1) is 25.9 Å². The second kappa shape index (κ2) is 19.7. The van der Waals surface area contributed by atoms with Gasteiger partial charge in [-0.2, -0.15) is 0 Å². The molecule has 4 rings (SSSR count). The van der Waals surface area contributed by atoms with Crippen LogP contribution in [0.5, 0.6) is 0 Å². The predicted octanol–water partition coefficient (Wildman–Crippen LogP) is 4.16. The second-order valence-electron chi connectivity index (χ2n) is 9.32. The Morgan fingerprint density at radius 1 is 0.590 bits per heavy atom. The van der Waals surface area contributed by atoms with Crippen LogP contribution in [0.1, 0.15) is 36.8 Å². The Hall–Kier alpha value is -3.29. The van der Waals surface area contributed by atoms with Gasteiger partial charge in [-0.3, -0.25) is 19.4 Å². The van der Waals surface area contributed by atoms with Crippen molar-refractivity contribution in [1.29, 1.82) is 0 Å². The highest BCUT2D eigenvalue weighted by atomic mass is 35.5. The number of likely N-dealkylation sites (tertiary alicyclic amines) is 2. The van der Waals surface area contributed by atoms with Crippen molar-refractivity contribution in [3.8, 4) is 23.7 Å². The van der Waals surface area contributed by atoms with Crippen molar-refractivity contribution in [1.82, 2.24) is 9.80 Å². The number of benzene rings is 2. The van der Waals surface area contributed by atoms with E-state index >= 15 is 0 Å². The van der Waals surface area contributed by atoms with Crippen molar-refractivity contribution in [2.24, 2.45) is 0 Å². The van der Waals surface area contributed by atoms with E-state index in [-0.39, 0.29) is 37.6 Å². The van der Waals surface area contributed by atoms with Crippen LogP contribution >= 0.6 is 12.4 Å². The molecular weight excluding hydrogens is 512 g/mol. The summed E-state index contributed by atoms with van der Waals surface area (Å²) in [5.41, 5.74) is 1.94. The van der Waals surface area contributed by atoms with Crippen LogP contribution in [-0.4, -0.2) is 74.2 Å². The number of hydrogen-bond acceptors (Lipinski definition) is 6. The highest BCUT2D eigenvalue weighted by Gasteiger charge is 2.09. The number of nitrogens with zero attached hydrogens (tertiary/aromatic N) is 2. The topological polar surface area (TPSA) is 59.1 Å². The van der Waals surface area contributed by atoms with Gasteiger partial charge in [0.1, 0.15) is 0 Å². The van der Waals surface area contributed by atoms with Crippen LogP contribution in [0.2, 0.25) is 0 Å². The molecule has 0 unspecified atom stereocenters. The first-order valence-electron chi connectivity index (χ1n) is 13.4. The summed E-state index contributed by atoms with van der Waals surface area (Å²) in [7, 11) is 0. The Labute approximate surface area is 239 Å². The zero-order valence-corrected chi connectivity index (χ0v) is 23.4. The average Bonchev–Trinajstić information content (AvgIpc) is 3.65. The minimum absolute atomic E-state index is 0. The summed E-state index contributed by atoms with van der Waals surface area (Å²) in [6, 6.07) is 19.2. The maximum absolute atomic E-state index is 11.5.